The zero-order valence-electron chi connectivity index (χ0n) is 15.5. The van der Waals surface area contributed by atoms with Gasteiger partial charge in [0.05, 0.1) is 44.2 Å². The SMILES string of the molecule is CC(C)NC(=O)C(=O)NCC[NH+]1CCN(S(=O)(=O)c2ccc(F)cc2)CC1. The number of sulfonamides is 1. The summed E-state index contributed by atoms with van der Waals surface area (Å²) in [4.78, 5) is 24.4. The molecule has 3 N–H and O–H groups in total. The maximum absolute atomic E-state index is 13.0. The lowest BCUT2D eigenvalue weighted by Gasteiger charge is -2.31. The van der Waals surface area contributed by atoms with Crippen LogP contribution in [0.1, 0.15) is 13.8 Å². The van der Waals surface area contributed by atoms with Gasteiger partial charge in [0.15, 0.2) is 0 Å². The third kappa shape index (κ3) is 5.98. The van der Waals surface area contributed by atoms with Gasteiger partial charge >= 0.3 is 11.8 Å². The van der Waals surface area contributed by atoms with Crippen molar-refractivity contribution in [2.75, 3.05) is 39.3 Å². The minimum atomic E-state index is -3.63. The molecule has 8 nitrogen and oxygen atoms in total. The van der Waals surface area contributed by atoms with Crippen LogP contribution in [0, 0.1) is 5.82 Å². The van der Waals surface area contributed by atoms with Crippen LogP contribution in [0.2, 0.25) is 0 Å². The molecule has 1 heterocycles. The van der Waals surface area contributed by atoms with Crippen molar-refractivity contribution in [3.05, 3.63) is 30.1 Å². The standard InChI is InChI=1S/C17H25FN4O4S/c1-13(2)20-17(24)16(23)19-7-8-21-9-11-22(12-10-21)27(25,26)15-5-3-14(18)4-6-15/h3-6,13H,7-12H2,1-2H3,(H,19,23)(H,20,24)/p+1. The fraction of sp³-hybridized carbons (Fsp3) is 0.529. The van der Waals surface area contributed by atoms with Gasteiger partial charge in [-0.25, -0.2) is 12.8 Å². The van der Waals surface area contributed by atoms with E-state index in [9.17, 15) is 22.4 Å². The van der Waals surface area contributed by atoms with Crippen LogP contribution >= 0.6 is 0 Å². The molecule has 1 aliphatic rings. The van der Waals surface area contributed by atoms with Crippen molar-refractivity contribution < 1.29 is 27.3 Å². The molecule has 27 heavy (non-hydrogen) atoms. The summed E-state index contributed by atoms with van der Waals surface area (Å²) in [5.41, 5.74) is 0. The lowest BCUT2D eigenvalue weighted by atomic mass is 10.3. The van der Waals surface area contributed by atoms with E-state index in [1.807, 2.05) is 0 Å². The van der Waals surface area contributed by atoms with Crippen molar-refractivity contribution in [1.29, 1.82) is 0 Å². The number of quaternary nitrogens is 1. The van der Waals surface area contributed by atoms with Crippen molar-refractivity contribution in [3.63, 3.8) is 0 Å². The first kappa shape index (κ1) is 21.3. The van der Waals surface area contributed by atoms with Crippen LogP contribution in [-0.4, -0.2) is 69.8 Å². The van der Waals surface area contributed by atoms with Gasteiger partial charge in [0.1, 0.15) is 5.82 Å². The number of hydrogen-bond acceptors (Lipinski definition) is 4. The van der Waals surface area contributed by atoms with E-state index in [0.717, 1.165) is 17.0 Å². The summed E-state index contributed by atoms with van der Waals surface area (Å²) in [6.07, 6.45) is 0. The number of amides is 2. The lowest BCUT2D eigenvalue weighted by molar-refractivity contribution is -0.902. The van der Waals surface area contributed by atoms with E-state index >= 15 is 0 Å². The van der Waals surface area contributed by atoms with Crippen molar-refractivity contribution in [2.24, 2.45) is 0 Å². The Bertz CT molecular complexity index is 760. The highest BCUT2D eigenvalue weighted by Crippen LogP contribution is 2.15. The average molecular weight is 401 g/mol. The van der Waals surface area contributed by atoms with Crippen LogP contribution in [0.25, 0.3) is 0 Å². The summed E-state index contributed by atoms with van der Waals surface area (Å²) in [5, 5.41) is 5.09. The van der Waals surface area contributed by atoms with E-state index in [4.69, 9.17) is 0 Å². The van der Waals surface area contributed by atoms with Crippen molar-refractivity contribution >= 4 is 21.8 Å². The van der Waals surface area contributed by atoms with E-state index in [1.54, 1.807) is 13.8 Å². The first-order chi connectivity index (χ1) is 12.7. The maximum atomic E-state index is 13.0. The summed E-state index contributed by atoms with van der Waals surface area (Å²) >= 11 is 0. The Kier molecular flexibility index (Phi) is 7.28. The van der Waals surface area contributed by atoms with Gasteiger partial charge in [0.25, 0.3) is 0 Å². The monoisotopic (exact) mass is 401 g/mol. The van der Waals surface area contributed by atoms with Crippen LogP contribution in [-0.2, 0) is 19.6 Å². The van der Waals surface area contributed by atoms with Gasteiger partial charge in [-0.3, -0.25) is 9.59 Å². The number of rotatable bonds is 6. The number of piperazine rings is 1. The summed E-state index contributed by atoms with van der Waals surface area (Å²) in [5.74, 6) is -1.80. The molecule has 0 bridgehead atoms. The Balaban J connectivity index is 1.77. The Labute approximate surface area is 158 Å². The molecule has 0 spiro atoms. The van der Waals surface area contributed by atoms with Gasteiger partial charge in [-0.05, 0) is 38.1 Å². The van der Waals surface area contributed by atoms with E-state index in [0.29, 0.717) is 39.3 Å². The Morgan fingerprint density at radius 2 is 1.74 bits per heavy atom. The number of benzene rings is 1. The summed E-state index contributed by atoms with van der Waals surface area (Å²) in [6.45, 7) is 6.36. The quantitative estimate of drug-likeness (QED) is 0.498. The van der Waals surface area contributed by atoms with Crippen LogP contribution in [0.3, 0.4) is 0 Å². The Morgan fingerprint density at radius 1 is 1.15 bits per heavy atom. The molecule has 0 aliphatic carbocycles. The molecule has 0 saturated carbocycles. The smallest absolute Gasteiger partial charge is 0.309 e. The van der Waals surface area contributed by atoms with Crippen molar-refractivity contribution in [2.45, 2.75) is 24.8 Å². The number of halogens is 1. The predicted molar refractivity (Wildman–Crippen MR) is 97.0 cm³/mol. The third-order valence-corrected chi connectivity index (χ3v) is 6.18. The molecule has 10 heteroatoms. The largest absolute Gasteiger partial charge is 0.346 e. The number of nitrogens with one attached hydrogen (secondary N) is 3. The Morgan fingerprint density at radius 3 is 2.30 bits per heavy atom. The van der Waals surface area contributed by atoms with Gasteiger partial charge in [0, 0.05) is 6.04 Å². The molecule has 2 amide bonds. The molecule has 1 aliphatic heterocycles. The molecule has 0 unspecified atom stereocenters. The number of carbonyl (C=O) groups excluding carboxylic acids is 2. The zero-order chi connectivity index (χ0) is 20.0. The van der Waals surface area contributed by atoms with Crippen LogP contribution in [0.5, 0.6) is 0 Å². The normalized spacial score (nSPS) is 16.3. The van der Waals surface area contributed by atoms with Crippen LogP contribution in [0.15, 0.2) is 29.2 Å². The summed E-state index contributed by atoms with van der Waals surface area (Å²) in [6, 6.07) is 4.69. The third-order valence-electron chi connectivity index (χ3n) is 4.27. The second kappa shape index (κ2) is 9.25. The van der Waals surface area contributed by atoms with E-state index in [2.05, 4.69) is 10.6 Å². The van der Waals surface area contributed by atoms with Crippen molar-refractivity contribution in [1.82, 2.24) is 14.9 Å². The van der Waals surface area contributed by atoms with Gasteiger partial charge in [-0.15, -0.1) is 0 Å². The molecule has 1 aromatic rings. The number of hydrogen-bond donors (Lipinski definition) is 3. The molecule has 1 aromatic carbocycles. The Hall–Kier alpha value is -2.04. The number of nitrogens with zero attached hydrogens (tertiary/aromatic N) is 1. The highest BCUT2D eigenvalue weighted by Gasteiger charge is 2.30. The minimum Gasteiger partial charge on any atom is -0.346 e. The molecule has 1 fully saturated rings. The highest BCUT2D eigenvalue weighted by atomic mass is 32.2. The average Bonchev–Trinajstić information content (AvgIpc) is 2.62. The molecule has 1 saturated heterocycles. The molecular weight excluding hydrogens is 375 g/mol. The lowest BCUT2D eigenvalue weighted by Crippen LogP contribution is -3.15. The fourth-order valence-electron chi connectivity index (χ4n) is 2.81. The highest BCUT2D eigenvalue weighted by molar-refractivity contribution is 7.89. The molecular formula is C17H26FN4O4S+. The zero-order valence-corrected chi connectivity index (χ0v) is 16.3. The molecule has 0 atom stereocenters. The van der Waals surface area contributed by atoms with Gasteiger partial charge in [-0.2, -0.15) is 4.31 Å². The predicted octanol–water partition coefficient (Wildman–Crippen LogP) is -1.64. The molecule has 2 rings (SSSR count). The molecule has 150 valence electrons. The topological polar surface area (TPSA) is 100 Å². The van der Waals surface area contributed by atoms with Crippen LogP contribution < -0.4 is 15.5 Å². The second-order valence-electron chi connectivity index (χ2n) is 6.74. The van der Waals surface area contributed by atoms with Gasteiger partial charge < -0.3 is 15.5 Å². The van der Waals surface area contributed by atoms with Crippen molar-refractivity contribution in [3.8, 4) is 0 Å². The molecule has 0 radical (unpaired) electrons. The fourth-order valence-corrected chi connectivity index (χ4v) is 4.25. The van der Waals surface area contributed by atoms with Gasteiger partial charge in [0.2, 0.25) is 10.0 Å². The van der Waals surface area contributed by atoms with Crippen LogP contribution in [0.4, 0.5) is 4.39 Å². The van der Waals surface area contributed by atoms with E-state index < -0.39 is 27.7 Å². The first-order valence-electron chi connectivity index (χ1n) is 8.88. The minimum absolute atomic E-state index is 0.0794. The second-order valence-corrected chi connectivity index (χ2v) is 8.68. The van der Waals surface area contributed by atoms with E-state index in [1.165, 1.54) is 16.4 Å². The van der Waals surface area contributed by atoms with E-state index in [-0.39, 0.29) is 10.9 Å². The summed E-state index contributed by atoms with van der Waals surface area (Å²) < 4.78 is 39.5. The molecule has 0 aromatic heterocycles. The summed E-state index contributed by atoms with van der Waals surface area (Å²) in [7, 11) is -3.63. The van der Waals surface area contributed by atoms with Gasteiger partial charge in [-0.1, -0.05) is 0 Å². The maximum Gasteiger partial charge on any atom is 0.309 e. The number of carbonyl (C=O) groups is 2. The first-order valence-corrected chi connectivity index (χ1v) is 10.3.